The molecule has 1 aliphatic rings. The monoisotopic (exact) mass is 354 g/mol. The molecule has 0 radical (unpaired) electrons. The van der Waals surface area contributed by atoms with Crippen molar-refractivity contribution in [2.24, 2.45) is 4.99 Å². The van der Waals surface area contributed by atoms with E-state index in [0.29, 0.717) is 23.7 Å². The van der Waals surface area contributed by atoms with Gasteiger partial charge in [0, 0.05) is 5.70 Å². The average Bonchev–Trinajstić information content (AvgIpc) is 2.53. The molecule has 1 heterocycles. The minimum Gasteiger partial charge on any atom is -0.493 e. The van der Waals surface area contributed by atoms with Crippen LogP contribution in [0.5, 0.6) is 11.5 Å². The van der Waals surface area contributed by atoms with E-state index in [1.54, 1.807) is 27.2 Å². The SMILES string of the molecule is CCOC(=O)C1=C(C)NC(C)=NC1c1ccc(OC)c(OC)c1.Cl. The van der Waals surface area contributed by atoms with Crippen molar-refractivity contribution < 1.29 is 19.0 Å². The molecule has 132 valence electrons. The molecule has 1 unspecified atom stereocenters. The number of carbonyl (C=O) groups excluding carboxylic acids is 1. The molecule has 1 aromatic carbocycles. The highest BCUT2D eigenvalue weighted by Gasteiger charge is 2.29. The summed E-state index contributed by atoms with van der Waals surface area (Å²) in [5.41, 5.74) is 2.09. The highest BCUT2D eigenvalue weighted by molar-refractivity contribution is 5.95. The van der Waals surface area contributed by atoms with Crippen molar-refractivity contribution in [3.8, 4) is 11.5 Å². The number of esters is 1. The average molecular weight is 355 g/mol. The summed E-state index contributed by atoms with van der Waals surface area (Å²) in [6.45, 7) is 5.80. The summed E-state index contributed by atoms with van der Waals surface area (Å²) in [5.74, 6) is 1.60. The van der Waals surface area contributed by atoms with Crippen molar-refractivity contribution in [2.45, 2.75) is 26.8 Å². The predicted molar refractivity (Wildman–Crippen MR) is 95.1 cm³/mol. The van der Waals surface area contributed by atoms with Gasteiger partial charge in [-0.1, -0.05) is 6.07 Å². The Morgan fingerprint density at radius 1 is 1.21 bits per heavy atom. The van der Waals surface area contributed by atoms with Gasteiger partial charge in [-0.05, 0) is 38.5 Å². The van der Waals surface area contributed by atoms with E-state index in [9.17, 15) is 4.79 Å². The second-order valence-corrected chi connectivity index (χ2v) is 5.12. The van der Waals surface area contributed by atoms with Crippen LogP contribution in [0.15, 0.2) is 34.5 Å². The second-order valence-electron chi connectivity index (χ2n) is 5.12. The molecular weight excluding hydrogens is 332 g/mol. The fourth-order valence-corrected chi connectivity index (χ4v) is 2.57. The number of methoxy groups -OCH3 is 2. The van der Waals surface area contributed by atoms with Gasteiger partial charge in [0.1, 0.15) is 6.04 Å². The summed E-state index contributed by atoms with van der Waals surface area (Å²) in [4.78, 5) is 16.9. The Morgan fingerprint density at radius 2 is 1.88 bits per heavy atom. The molecule has 0 aromatic heterocycles. The summed E-state index contributed by atoms with van der Waals surface area (Å²) in [6.07, 6.45) is 0. The predicted octanol–water partition coefficient (Wildman–Crippen LogP) is 3.03. The van der Waals surface area contributed by atoms with Crippen LogP contribution >= 0.6 is 12.4 Å². The maximum atomic E-state index is 12.3. The van der Waals surface area contributed by atoms with Crippen LogP contribution in [0.1, 0.15) is 32.4 Å². The topological polar surface area (TPSA) is 69.2 Å². The number of hydrogen-bond donors (Lipinski definition) is 1. The number of amidine groups is 1. The highest BCUT2D eigenvalue weighted by Crippen LogP contribution is 2.36. The van der Waals surface area contributed by atoms with Gasteiger partial charge in [-0.3, -0.25) is 4.99 Å². The first kappa shape index (κ1) is 19.8. The molecular formula is C17H23ClN2O4. The molecule has 1 atom stereocenters. The van der Waals surface area contributed by atoms with Gasteiger partial charge in [-0.15, -0.1) is 12.4 Å². The van der Waals surface area contributed by atoms with Crippen LogP contribution in [0.25, 0.3) is 0 Å². The standard InChI is InChI=1S/C17H22N2O4.ClH/c1-6-23-17(20)15-10(2)18-11(3)19-16(15)12-7-8-13(21-4)14(9-12)22-5;/h7-9,16H,6H2,1-5H3,(H,18,19);1H. The highest BCUT2D eigenvalue weighted by atomic mass is 35.5. The Balaban J connectivity index is 0.00000288. The third-order valence-electron chi connectivity index (χ3n) is 3.59. The van der Waals surface area contributed by atoms with Gasteiger partial charge < -0.3 is 19.5 Å². The minimum absolute atomic E-state index is 0. The lowest BCUT2D eigenvalue weighted by Gasteiger charge is -2.25. The number of rotatable bonds is 5. The fraction of sp³-hybridized carbons (Fsp3) is 0.412. The minimum atomic E-state index is -0.435. The first-order chi connectivity index (χ1) is 11.0. The Morgan fingerprint density at radius 3 is 2.46 bits per heavy atom. The fourth-order valence-electron chi connectivity index (χ4n) is 2.57. The molecule has 1 N–H and O–H groups in total. The largest absolute Gasteiger partial charge is 0.493 e. The number of benzene rings is 1. The lowest BCUT2D eigenvalue weighted by molar-refractivity contribution is -0.138. The molecule has 7 heteroatoms. The van der Waals surface area contributed by atoms with E-state index in [-0.39, 0.29) is 18.4 Å². The summed E-state index contributed by atoms with van der Waals surface area (Å²) < 4.78 is 15.8. The van der Waals surface area contributed by atoms with Crippen LogP contribution in [-0.4, -0.2) is 32.6 Å². The smallest absolute Gasteiger partial charge is 0.338 e. The van der Waals surface area contributed by atoms with Crippen molar-refractivity contribution in [3.05, 3.63) is 35.0 Å². The molecule has 0 saturated heterocycles. The van der Waals surface area contributed by atoms with E-state index in [0.717, 1.165) is 17.1 Å². The van der Waals surface area contributed by atoms with Gasteiger partial charge in [-0.2, -0.15) is 0 Å². The van der Waals surface area contributed by atoms with E-state index in [1.165, 1.54) is 0 Å². The Bertz CT molecular complexity index is 671. The van der Waals surface area contributed by atoms with E-state index < -0.39 is 6.04 Å². The number of hydrogen-bond acceptors (Lipinski definition) is 6. The van der Waals surface area contributed by atoms with Gasteiger partial charge in [0.05, 0.1) is 32.2 Å². The maximum Gasteiger partial charge on any atom is 0.338 e. The molecule has 0 bridgehead atoms. The summed E-state index contributed by atoms with van der Waals surface area (Å²) in [5, 5.41) is 3.09. The molecule has 6 nitrogen and oxygen atoms in total. The zero-order chi connectivity index (χ0) is 17.0. The third-order valence-corrected chi connectivity index (χ3v) is 3.59. The van der Waals surface area contributed by atoms with Gasteiger partial charge in [0.25, 0.3) is 0 Å². The van der Waals surface area contributed by atoms with Crippen molar-refractivity contribution in [2.75, 3.05) is 20.8 Å². The number of nitrogens with one attached hydrogen (secondary N) is 1. The maximum absolute atomic E-state index is 12.3. The Labute approximate surface area is 148 Å². The lowest BCUT2D eigenvalue weighted by atomic mass is 9.95. The number of ether oxygens (including phenoxy) is 3. The Hall–Kier alpha value is -2.21. The zero-order valence-corrected chi connectivity index (χ0v) is 15.3. The van der Waals surface area contributed by atoms with Crippen LogP contribution in [0, 0.1) is 0 Å². The Kier molecular flexibility index (Phi) is 7.10. The molecule has 2 rings (SSSR count). The summed E-state index contributed by atoms with van der Waals surface area (Å²) in [6, 6.07) is 5.08. The van der Waals surface area contributed by atoms with Crippen LogP contribution in [0.2, 0.25) is 0 Å². The van der Waals surface area contributed by atoms with Gasteiger partial charge >= 0.3 is 5.97 Å². The van der Waals surface area contributed by atoms with Gasteiger partial charge in [0.15, 0.2) is 11.5 Å². The molecule has 1 aliphatic heterocycles. The number of allylic oxidation sites excluding steroid dienone is 1. The zero-order valence-electron chi connectivity index (χ0n) is 14.5. The lowest BCUT2D eigenvalue weighted by Crippen LogP contribution is -2.30. The van der Waals surface area contributed by atoms with E-state index in [1.807, 2.05) is 26.0 Å². The molecule has 0 amide bonds. The van der Waals surface area contributed by atoms with Crippen molar-refractivity contribution in [1.82, 2.24) is 5.32 Å². The van der Waals surface area contributed by atoms with Gasteiger partial charge in [-0.25, -0.2) is 4.79 Å². The van der Waals surface area contributed by atoms with E-state index in [2.05, 4.69) is 10.3 Å². The van der Waals surface area contributed by atoms with Crippen LogP contribution in [0.4, 0.5) is 0 Å². The van der Waals surface area contributed by atoms with E-state index in [4.69, 9.17) is 14.2 Å². The van der Waals surface area contributed by atoms with Crippen LogP contribution in [0.3, 0.4) is 0 Å². The first-order valence-corrected chi connectivity index (χ1v) is 7.43. The first-order valence-electron chi connectivity index (χ1n) is 7.43. The van der Waals surface area contributed by atoms with Crippen molar-refractivity contribution >= 4 is 24.2 Å². The number of aliphatic imine (C=N–C) groups is 1. The molecule has 1 aromatic rings. The quantitative estimate of drug-likeness (QED) is 0.823. The van der Waals surface area contributed by atoms with E-state index >= 15 is 0 Å². The molecule has 24 heavy (non-hydrogen) atoms. The molecule has 0 saturated carbocycles. The third kappa shape index (κ3) is 4.00. The van der Waals surface area contributed by atoms with Crippen LogP contribution < -0.4 is 14.8 Å². The summed E-state index contributed by atoms with van der Waals surface area (Å²) >= 11 is 0. The normalized spacial score (nSPS) is 16.5. The van der Waals surface area contributed by atoms with Crippen LogP contribution in [-0.2, 0) is 9.53 Å². The molecule has 0 fully saturated rings. The number of halogens is 1. The number of nitrogens with zero attached hydrogens (tertiary/aromatic N) is 1. The van der Waals surface area contributed by atoms with Crippen molar-refractivity contribution in [3.63, 3.8) is 0 Å². The summed E-state index contributed by atoms with van der Waals surface area (Å²) in [7, 11) is 3.16. The molecule has 0 aliphatic carbocycles. The molecule has 0 spiro atoms. The number of carbonyl (C=O) groups is 1. The van der Waals surface area contributed by atoms with Gasteiger partial charge in [0.2, 0.25) is 0 Å². The second kappa shape index (κ2) is 8.59. The van der Waals surface area contributed by atoms with Crippen molar-refractivity contribution in [1.29, 1.82) is 0 Å².